The fraction of sp³-hybridized carbons (Fsp3) is 0.148. The Morgan fingerprint density at radius 1 is 1.12 bits per heavy atom. The number of carbonyl (C=O) groups is 1. The van der Waals surface area contributed by atoms with Gasteiger partial charge in [0.1, 0.15) is 11.5 Å². The minimum atomic E-state index is -0.334. The van der Waals surface area contributed by atoms with Crippen molar-refractivity contribution in [2.24, 2.45) is 0 Å². The molecule has 1 aromatic carbocycles. The molecule has 0 bridgehead atoms. The lowest BCUT2D eigenvalue weighted by Gasteiger charge is -2.33. The van der Waals surface area contributed by atoms with Crippen LogP contribution in [0.15, 0.2) is 78.7 Å². The standard InChI is InChI=1S/C27H21FN4OS/c1-17-20-9-12-34-25(20)8-11-32(17)27(33)19-13-22(18-5-4-10-29-14-18)26-30-24(16-31(26)15-19)21-6-2-3-7-23(21)28/h2-7,9-10,12-17H,8,11H2,1H3/t17-/m1/s1. The average molecular weight is 469 g/mol. The second kappa shape index (κ2) is 8.18. The molecule has 1 aliphatic rings. The first-order valence-corrected chi connectivity index (χ1v) is 12.0. The second-order valence-corrected chi connectivity index (χ2v) is 9.45. The number of fused-ring (bicyclic) bond motifs is 2. The number of hydrogen-bond acceptors (Lipinski definition) is 4. The summed E-state index contributed by atoms with van der Waals surface area (Å²) in [6.45, 7) is 2.76. The number of carbonyl (C=O) groups excluding carboxylic acids is 1. The van der Waals surface area contributed by atoms with E-state index in [4.69, 9.17) is 4.98 Å². The third kappa shape index (κ3) is 3.40. The molecule has 0 fully saturated rings. The van der Waals surface area contributed by atoms with Gasteiger partial charge in [0.05, 0.1) is 17.3 Å². The number of pyridine rings is 2. The largest absolute Gasteiger partial charge is 0.331 e. The van der Waals surface area contributed by atoms with Gasteiger partial charge in [-0.2, -0.15) is 0 Å². The van der Waals surface area contributed by atoms with Crippen molar-refractivity contribution >= 4 is 22.9 Å². The fourth-order valence-corrected chi connectivity index (χ4v) is 5.66. The van der Waals surface area contributed by atoms with Crippen LogP contribution in [0.3, 0.4) is 0 Å². The van der Waals surface area contributed by atoms with E-state index in [9.17, 15) is 9.18 Å². The van der Waals surface area contributed by atoms with Gasteiger partial charge < -0.3 is 9.30 Å². The first-order valence-electron chi connectivity index (χ1n) is 11.2. The number of imidazole rings is 1. The quantitative estimate of drug-likeness (QED) is 0.325. The molecule has 0 unspecified atom stereocenters. The maximum Gasteiger partial charge on any atom is 0.255 e. The molecule has 0 N–H and O–H groups in total. The van der Waals surface area contributed by atoms with E-state index < -0.39 is 0 Å². The summed E-state index contributed by atoms with van der Waals surface area (Å²) in [6.07, 6.45) is 7.90. The molecule has 0 aliphatic carbocycles. The molecule has 7 heteroatoms. The summed E-state index contributed by atoms with van der Waals surface area (Å²) in [5.74, 6) is -0.364. The normalized spacial score (nSPS) is 15.5. The highest BCUT2D eigenvalue weighted by Crippen LogP contribution is 2.35. The molecule has 4 aromatic heterocycles. The number of amides is 1. The highest BCUT2D eigenvalue weighted by molar-refractivity contribution is 7.10. The summed E-state index contributed by atoms with van der Waals surface area (Å²) in [4.78, 5) is 26.0. The molecule has 5 aromatic rings. The van der Waals surface area contributed by atoms with Gasteiger partial charge in [0.25, 0.3) is 5.91 Å². The number of nitrogens with zero attached hydrogens (tertiary/aromatic N) is 4. The topological polar surface area (TPSA) is 50.5 Å². The van der Waals surface area contributed by atoms with Gasteiger partial charge in [-0.1, -0.05) is 18.2 Å². The van der Waals surface area contributed by atoms with Crippen molar-refractivity contribution in [1.29, 1.82) is 0 Å². The van der Waals surface area contributed by atoms with Crippen LogP contribution in [0.2, 0.25) is 0 Å². The van der Waals surface area contributed by atoms with Crippen LogP contribution in [0.5, 0.6) is 0 Å². The van der Waals surface area contributed by atoms with Crippen LogP contribution >= 0.6 is 11.3 Å². The van der Waals surface area contributed by atoms with Crippen molar-refractivity contribution in [3.8, 4) is 22.4 Å². The molecule has 34 heavy (non-hydrogen) atoms. The molecule has 5 nitrogen and oxygen atoms in total. The lowest BCUT2D eigenvalue weighted by molar-refractivity contribution is 0.0679. The Bertz CT molecular complexity index is 1520. The molecule has 6 rings (SSSR count). The SMILES string of the molecule is C[C@@H]1c2ccsc2CCN1C(=O)c1cc(-c2cccnc2)c2nc(-c3ccccc3F)cn2c1. The van der Waals surface area contributed by atoms with Gasteiger partial charge >= 0.3 is 0 Å². The summed E-state index contributed by atoms with van der Waals surface area (Å²) in [5.41, 5.74) is 5.00. The van der Waals surface area contributed by atoms with Gasteiger partial charge in [-0.3, -0.25) is 9.78 Å². The van der Waals surface area contributed by atoms with Crippen LogP contribution in [0, 0.1) is 5.82 Å². The lowest BCUT2D eigenvalue weighted by Crippen LogP contribution is -2.38. The van der Waals surface area contributed by atoms with Crippen LogP contribution in [-0.4, -0.2) is 31.7 Å². The first kappa shape index (κ1) is 20.7. The van der Waals surface area contributed by atoms with Crippen LogP contribution in [-0.2, 0) is 6.42 Å². The number of halogens is 1. The summed E-state index contributed by atoms with van der Waals surface area (Å²) < 4.78 is 16.3. The fourth-order valence-electron chi connectivity index (χ4n) is 4.70. The zero-order valence-electron chi connectivity index (χ0n) is 18.5. The van der Waals surface area contributed by atoms with Gasteiger partial charge in [0.2, 0.25) is 0 Å². The molecule has 5 heterocycles. The minimum absolute atomic E-state index is 0.0109. The molecular weight excluding hydrogens is 447 g/mol. The van der Waals surface area contributed by atoms with Crippen molar-refractivity contribution < 1.29 is 9.18 Å². The summed E-state index contributed by atoms with van der Waals surface area (Å²) in [7, 11) is 0. The van der Waals surface area contributed by atoms with E-state index in [0.29, 0.717) is 29.0 Å². The number of thiophene rings is 1. The monoisotopic (exact) mass is 468 g/mol. The Labute approximate surface area is 200 Å². The van der Waals surface area contributed by atoms with Crippen molar-refractivity contribution in [2.45, 2.75) is 19.4 Å². The van der Waals surface area contributed by atoms with Gasteiger partial charge in [-0.25, -0.2) is 9.37 Å². The zero-order valence-corrected chi connectivity index (χ0v) is 19.3. The Balaban J connectivity index is 1.49. The van der Waals surface area contributed by atoms with Crippen molar-refractivity contribution in [3.05, 3.63) is 101 Å². The predicted octanol–water partition coefficient (Wildman–Crippen LogP) is 6.02. The maximum atomic E-state index is 14.5. The maximum absolute atomic E-state index is 14.5. The van der Waals surface area contributed by atoms with E-state index in [-0.39, 0.29) is 17.8 Å². The van der Waals surface area contributed by atoms with Gasteiger partial charge in [-0.05, 0) is 54.6 Å². The third-order valence-corrected chi connectivity index (χ3v) is 7.46. The van der Waals surface area contributed by atoms with Crippen LogP contribution in [0.25, 0.3) is 28.0 Å². The smallest absolute Gasteiger partial charge is 0.255 e. The Hall–Kier alpha value is -3.84. The predicted molar refractivity (Wildman–Crippen MR) is 131 cm³/mol. The minimum Gasteiger partial charge on any atom is -0.331 e. The third-order valence-electron chi connectivity index (χ3n) is 6.46. The summed E-state index contributed by atoms with van der Waals surface area (Å²) in [5, 5.41) is 2.09. The Morgan fingerprint density at radius 3 is 2.82 bits per heavy atom. The molecular formula is C27H21FN4OS. The number of rotatable bonds is 3. The van der Waals surface area contributed by atoms with E-state index in [1.54, 1.807) is 54.3 Å². The van der Waals surface area contributed by atoms with Crippen molar-refractivity contribution in [2.75, 3.05) is 6.54 Å². The molecule has 0 saturated carbocycles. The van der Waals surface area contributed by atoms with E-state index in [2.05, 4.69) is 23.4 Å². The highest BCUT2D eigenvalue weighted by atomic mass is 32.1. The molecule has 1 atom stereocenters. The summed E-state index contributed by atoms with van der Waals surface area (Å²) >= 11 is 1.75. The highest BCUT2D eigenvalue weighted by Gasteiger charge is 2.30. The first-order chi connectivity index (χ1) is 16.6. The van der Waals surface area contributed by atoms with Crippen LogP contribution < -0.4 is 0 Å². The summed E-state index contributed by atoms with van der Waals surface area (Å²) in [6, 6.07) is 14.4. The molecule has 0 radical (unpaired) electrons. The number of benzene rings is 1. The van der Waals surface area contributed by atoms with E-state index >= 15 is 0 Å². The number of aromatic nitrogens is 3. The van der Waals surface area contributed by atoms with Crippen LogP contribution in [0.1, 0.15) is 33.8 Å². The lowest BCUT2D eigenvalue weighted by atomic mass is 10.00. The molecule has 168 valence electrons. The van der Waals surface area contributed by atoms with Crippen molar-refractivity contribution in [1.82, 2.24) is 19.3 Å². The second-order valence-electron chi connectivity index (χ2n) is 8.44. The Kier molecular flexibility index (Phi) is 4.99. The van der Waals surface area contributed by atoms with Gasteiger partial charge in [-0.15, -0.1) is 11.3 Å². The molecule has 0 saturated heterocycles. The average Bonchev–Trinajstić information content (AvgIpc) is 3.52. The number of hydrogen-bond donors (Lipinski definition) is 0. The van der Waals surface area contributed by atoms with Crippen LogP contribution in [0.4, 0.5) is 4.39 Å². The van der Waals surface area contributed by atoms with Gasteiger partial charge in [0.15, 0.2) is 0 Å². The van der Waals surface area contributed by atoms with E-state index in [1.165, 1.54) is 16.5 Å². The van der Waals surface area contributed by atoms with Gasteiger partial charge in [0, 0.05) is 52.9 Å². The molecule has 1 amide bonds. The zero-order chi connectivity index (χ0) is 23.2. The molecule has 1 aliphatic heterocycles. The van der Waals surface area contributed by atoms with E-state index in [0.717, 1.165) is 17.5 Å². The molecule has 0 spiro atoms. The van der Waals surface area contributed by atoms with Crippen molar-refractivity contribution in [3.63, 3.8) is 0 Å². The Morgan fingerprint density at radius 2 is 2.00 bits per heavy atom. The van der Waals surface area contributed by atoms with E-state index in [1.807, 2.05) is 27.5 Å².